The second kappa shape index (κ2) is 6.33. The zero-order chi connectivity index (χ0) is 13.8. The van der Waals surface area contributed by atoms with Gasteiger partial charge in [-0.2, -0.15) is 0 Å². The molecule has 1 fully saturated rings. The van der Waals surface area contributed by atoms with Gasteiger partial charge >= 0.3 is 0 Å². The molecule has 2 heterocycles. The van der Waals surface area contributed by atoms with Gasteiger partial charge in [0.25, 0.3) is 0 Å². The summed E-state index contributed by atoms with van der Waals surface area (Å²) in [7, 11) is 0. The average Bonchev–Trinajstić information content (AvgIpc) is 2.53. The molecule has 2 aromatic rings. The Morgan fingerprint density at radius 3 is 3.05 bits per heavy atom. The number of benzene rings is 1. The fraction of sp³-hybridized carbons (Fsp3) is 0.471. The monoisotopic (exact) mass is 270 g/mol. The number of likely N-dealkylation sites (N-methyl/N-ethyl adjacent to an activating group) is 1. The lowest BCUT2D eigenvalue weighted by Crippen LogP contribution is -2.36. The minimum atomic E-state index is 0.258. The Balaban J connectivity index is 2.00. The van der Waals surface area contributed by atoms with Crippen LogP contribution in [0.2, 0.25) is 0 Å². The maximum Gasteiger partial charge on any atom is 0.0769 e. The van der Waals surface area contributed by atoms with Gasteiger partial charge in [0, 0.05) is 18.2 Å². The number of pyridine rings is 1. The van der Waals surface area contributed by atoms with Crippen molar-refractivity contribution in [1.82, 2.24) is 10.3 Å². The number of fused-ring (bicyclic) bond motifs is 1. The van der Waals surface area contributed by atoms with E-state index in [1.54, 1.807) is 0 Å². The number of nitrogens with one attached hydrogen (secondary N) is 1. The second-order valence-corrected chi connectivity index (χ2v) is 5.36. The number of rotatable bonds is 4. The van der Waals surface area contributed by atoms with Gasteiger partial charge in [0.15, 0.2) is 0 Å². The van der Waals surface area contributed by atoms with E-state index in [1.807, 2.05) is 12.3 Å². The molecule has 1 saturated heterocycles. The zero-order valence-electron chi connectivity index (χ0n) is 12.0. The highest BCUT2D eigenvalue weighted by Gasteiger charge is 2.26. The molecule has 3 rings (SSSR count). The molecule has 2 atom stereocenters. The molecule has 20 heavy (non-hydrogen) atoms. The van der Waals surface area contributed by atoms with Crippen LogP contribution in [0.15, 0.2) is 36.5 Å². The Morgan fingerprint density at radius 1 is 1.30 bits per heavy atom. The van der Waals surface area contributed by atoms with E-state index in [0.717, 1.165) is 25.1 Å². The number of ether oxygens (including phenoxy) is 1. The van der Waals surface area contributed by atoms with Crippen molar-refractivity contribution in [1.29, 1.82) is 0 Å². The van der Waals surface area contributed by atoms with Crippen LogP contribution in [0, 0.1) is 0 Å². The Morgan fingerprint density at radius 2 is 2.25 bits per heavy atom. The highest BCUT2D eigenvalue weighted by molar-refractivity contribution is 5.82. The zero-order valence-corrected chi connectivity index (χ0v) is 12.0. The van der Waals surface area contributed by atoms with Gasteiger partial charge < -0.3 is 10.1 Å². The van der Waals surface area contributed by atoms with E-state index in [0.29, 0.717) is 0 Å². The Bertz CT molecular complexity index is 558. The van der Waals surface area contributed by atoms with Crippen molar-refractivity contribution in [3.8, 4) is 0 Å². The summed E-state index contributed by atoms with van der Waals surface area (Å²) in [5, 5.41) is 4.84. The molecule has 1 N–H and O–H groups in total. The van der Waals surface area contributed by atoms with Gasteiger partial charge in [-0.1, -0.05) is 25.1 Å². The number of aromatic nitrogens is 1. The molecule has 0 bridgehead atoms. The van der Waals surface area contributed by atoms with Gasteiger partial charge in [0.05, 0.1) is 17.7 Å². The highest BCUT2D eigenvalue weighted by Crippen LogP contribution is 2.30. The fourth-order valence-electron chi connectivity index (χ4n) is 3.09. The molecule has 2 unspecified atom stereocenters. The summed E-state index contributed by atoms with van der Waals surface area (Å²) in [6.07, 6.45) is 5.71. The summed E-state index contributed by atoms with van der Waals surface area (Å²) in [4.78, 5) is 4.46. The Hall–Kier alpha value is -1.45. The van der Waals surface area contributed by atoms with Crippen LogP contribution in [0.4, 0.5) is 0 Å². The third kappa shape index (κ3) is 2.69. The van der Waals surface area contributed by atoms with E-state index in [-0.39, 0.29) is 12.1 Å². The molecular formula is C17H22N2O. The van der Waals surface area contributed by atoms with Crippen molar-refractivity contribution in [2.24, 2.45) is 0 Å². The van der Waals surface area contributed by atoms with E-state index in [1.165, 1.54) is 23.8 Å². The van der Waals surface area contributed by atoms with E-state index in [9.17, 15) is 0 Å². The minimum Gasteiger partial charge on any atom is -0.376 e. The van der Waals surface area contributed by atoms with Crippen LogP contribution >= 0.6 is 0 Å². The first-order valence-electron chi connectivity index (χ1n) is 7.59. The van der Waals surface area contributed by atoms with Crippen molar-refractivity contribution in [2.75, 3.05) is 13.2 Å². The van der Waals surface area contributed by atoms with Crippen LogP contribution in [0.3, 0.4) is 0 Å². The average molecular weight is 270 g/mol. The van der Waals surface area contributed by atoms with E-state index in [4.69, 9.17) is 4.74 Å². The standard InChI is InChI=1S/C17H22N2O/c1-2-18-17(16-10-3-4-12-20-16)14-7-5-9-15-13(14)8-6-11-19-15/h5-9,11,16-18H,2-4,10,12H2,1H3. The predicted molar refractivity (Wildman–Crippen MR) is 81.8 cm³/mol. The van der Waals surface area contributed by atoms with Gasteiger partial charge in [-0.25, -0.2) is 0 Å². The number of hydrogen-bond donors (Lipinski definition) is 1. The van der Waals surface area contributed by atoms with E-state index in [2.05, 4.69) is 41.5 Å². The Labute approximate surface area is 120 Å². The molecule has 106 valence electrons. The third-order valence-corrected chi connectivity index (χ3v) is 4.03. The van der Waals surface area contributed by atoms with Crippen LogP contribution in [0.25, 0.3) is 10.9 Å². The van der Waals surface area contributed by atoms with Crippen LogP contribution in [-0.2, 0) is 4.74 Å². The molecule has 0 saturated carbocycles. The predicted octanol–water partition coefficient (Wildman–Crippen LogP) is 3.45. The SMILES string of the molecule is CCNC(c1cccc2ncccc12)C1CCCCO1. The van der Waals surface area contributed by atoms with Gasteiger partial charge in [-0.3, -0.25) is 4.98 Å². The molecule has 1 aliphatic heterocycles. The summed E-state index contributed by atoms with van der Waals surface area (Å²) in [6.45, 7) is 3.98. The minimum absolute atomic E-state index is 0.258. The fourth-order valence-corrected chi connectivity index (χ4v) is 3.09. The molecule has 0 amide bonds. The van der Waals surface area contributed by atoms with Crippen molar-refractivity contribution in [2.45, 2.75) is 38.3 Å². The van der Waals surface area contributed by atoms with Gasteiger partial charge in [-0.05, 0) is 43.5 Å². The molecule has 0 aliphatic carbocycles. The van der Waals surface area contributed by atoms with Crippen LogP contribution in [-0.4, -0.2) is 24.2 Å². The van der Waals surface area contributed by atoms with Gasteiger partial charge in [0.1, 0.15) is 0 Å². The van der Waals surface area contributed by atoms with E-state index < -0.39 is 0 Å². The molecule has 1 aromatic heterocycles. The first-order chi connectivity index (χ1) is 9.90. The lowest BCUT2D eigenvalue weighted by molar-refractivity contribution is -0.00756. The lowest BCUT2D eigenvalue weighted by atomic mass is 9.93. The van der Waals surface area contributed by atoms with Crippen molar-refractivity contribution in [3.63, 3.8) is 0 Å². The van der Waals surface area contributed by atoms with Crippen molar-refractivity contribution >= 4 is 10.9 Å². The van der Waals surface area contributed by atoms with Crippen LogP contribution in [0.5, 0.6) is 0 Å². The maximum absolute atomic E-state index is 6.01. The first-order valence-corrected chi connectivity index (χ1v) is 7.59. The summed E-state index contributed by atoms with van der Waals surface area (Å²) < 4.78 is 6.01. The summed E-state index contributed by atoms with van der Waals surface area (Å²) in [5.74, 6) is 0. The summed E-state index contributed by atoms with van der Waals surface area (Å²) in [5.41, 5.74) is 2.37. The second-order valence-electron chi connectivity index (χ2n) is 5.36. The maximum atomic E-state index is 6.01. The molecule has 3 nitrogen and oxygen atoms in total. The van der Waals surface area contributed by atoms with Crippen molar-refractivity contribution < 1.29 is 4.74 Å². The quantitative estimate of drug-likeness (QED) is 0.924. The summed E-state index contributed by atoms with van der Waals surface area (Å²) >= 11 is 0. The van der Waals surface area contributed by atoms with Crippen LogP contribution < -0.4 is 5.32 Å². The molecular weight excluding hydrogens is 248 g/mol. The first kappa shape index (κ1) is 13.5. The van der Waals surface area contributed by atoms with Crippen molar-refractivity contribution in [3.05, 3.63) is 42.1 Å². The highest BCUT2D eigenvalue weighted by atomic mass is 16.5. The van der Waals surface area contributed by atoms with Crippen LogP contribution in [0.1, 0.15) is 37.8 Å². The molecule has 3 heteroatoms. The number of nitrogens with zero attached hydrogens (tertiary/aromatic N) is 1. The van der Waals surface area contributed by atoms with E-state index >= 15 is 0 Å². The topological polar surface area (TPSA) is 34.2 Å². The smallest absolute Gasteiger partial charge is 0.0769 e. The Kier molecular flexibility index (Phi) is 4.28. The normalized spacial score (nSPS) is 20.9. The summed E-state index contributed by atoms with van der Waals surface area (Å²) in [6, 6.07) is 10.8. The van der Waals surface area contributed by atoms with Gasteiger partial charge in [0.2, 0.25) is 0 Å². The molecule has 0 spiro atoms. The lowest BCUT2D eigenvalue weighted by Gasteiger charge is -2.32. The third-order valence-electron chi connectivity index (χ3n) is 4.03. The molecule has 0 radical (unpaired) electrons. The van der Waals surface area contributed by atoms with Gasteiger partial charge in [-0.15, -0.1) is 0 Å². The largest absolute Gasteiger partial charge is 0.376 e. The molecule has 1 aromatic carbocycles. The number of hydrogen-bond acceptors (Lipinski definition) is 3. The molecule has 1 aliphatic rings.